The lowest BCUT2D eigenvalue weighted by molar-refractivity contribution is 0.339. The van der Waals surface area contributed by atoms with E-state index >= 15 is 0 Å². The van der Waals surface area contributed by atoms with E-state index in [9.17, 15) is 8.78 Å². The first-order valence-electron chi connectivity index (χ1n) is 4.97. The Morgan fingerprint density at radius 3 is 2.47 bits per heavy atom. The van der Waals surface area contributed by atoms with Gasteiger partial charge in [0.05, 0.1) is 0 Å². The van der Waals surface area contributed by atoms with Crippen molar-refractivity contribution in [2.24, 2.45) is 5.41 Å². The van der Waals surface area contributed by atoms with E-state index in [4.69, 9.17) is 0 Å². The van der Waals surface area contributed by atoms with Crippen LogP contribution in [0.4, 0.5) is 8.78 Å². The highest BCUT2D eigenvalue weighted by Crippen LogP contribution is 2.43. The molecule has 0 fully saturated rings. The minimum atomic E-state index is -0.400. The van der Waals surface area contributed by atoms with Crippen molar-refractivity contribution in [2.45, 2.75) is 32.0 Å². The minimum Gasteiger partial charge on any atom is -0.207 e. The van der Waals surface area contributed by atoms with Crippen LogP contribution in [0.15, 0.2) is 18.2 Å². The Bertz CT molecular complexity index is 347. The summed E-state index contributed by atoms with van der Waals surface area (Å²) in [5, 5.41) is 0. The second-order valence-corrected chi connectivity index (χ2v) is 5.29. The van der Waals surface area contributed by atoms with Gasteiger partial charge in [0.2, 0.25) is 0 Å². The Morgan fingerprint density at radius 2 is 1.93 bits per heavy atom. The van der Waals surface area contributed by atoms with Crippen LogP contribution in [0, 0.1) is 17.0 Å². The number of hydrogen-bond acceptors (Lipinski definition) is 0. The second-order valence-electron chi connectivity index (χ2n) is 4.37. The van der Waals surface area contributed by atoms with E-state index in [1.54, 1.807) is 0 Å². The molecule has 0 nitrogen and oxygen atoms in total. The zero-order chi connectivity index (χ0) is 11.6. The summed E-state index contributed by atoms with van der Waals surface area (Å²) < 4.78 is 26.5. The van der Waals surface area contributed by atoms with Crippen LogP contribution < -0.4 is 0 Å². The topological polar surface area (TPSA) is 0 Å². The van der Waals surface area contributed by atoms with Crippen molar-refractivity contribution in [2.75, 3.05) is 0 Å². The van der Waals surface area contributed by atoms with Gasteiger partial charge in [0.25, 0.3) is 0 Å². The summed E-state index contributed by atoms with van der Waals surface area (Å²) in [6, 6.07) is 3.56. The van der Waals surface area contributed by atoms with E-state index < -0.39 is 5.82 Å². The molecule has 0 radical (unpaired) electrons. The van der Waals surface area contributed by atoms with Crippen molar-refractivity contribution >= 4 is 15.9 Å². The van der Waals surface area contributed by atoms with Crippen LogP contribution in [0.2, 0.25) is 0 Å². The number of hydrogen-bond donors (Lipinski definition) is 0. The Hall–Kier alpha value is -0.440. The van der Waals surface area contributed by atoms with Crippen LogP contribution in [0.5, 0.6) is 0 Å². The monoisotopic (exact) mass is 276 g/mol. The zero-order valence-electron chi connectivity index (χ0n) is 9.15. The molecule has 1 aromatic rings. The molecule has 0 aliphatic heterocycles. The van der Waals surface area contributed by atoms with Gasteiger partial charge in [-0.1, -0.05) is 36.7 Å². The fourth-order valence-corrected chi connectivity index (χ4v) is 1.98. The normalized spacial score (nSPS) is 14.0. The van der Waals surface area contributed by atoms with Crippen molar-refractivity contribution < 1.29 is 8.78 Å². The quantitative estimate of drug-likeness (QED) is 0.694. The molecule has 0 bridgehead atoms. The van der Waals surface area contributed by atoms with Crippen molar-refractivity contribution in [3.05, 3.63) is 35.4 Å². The summed E-state index contributed by atoms with van der Waals surface area (Å²) in [7, 11) is 0. The third kappa shape index (κ3) is 2.77. The predicted molar refractivity (Wildman–Crippen MR) is 62.1 cm³/mol. The van der Waals surface area contributed by atoms with Crippen molar-refractivity contribution in [3.8, 4) is 0 Å². The molecule has 1 unspecified atom stereocenters. The van der Waals surface area contributed by atoms with E-state index in [0.29, 0.717) is 5.56 Å². The molecule has 0 saturated carbocycles. The molecule has 1 aromatic carbocycles. The molecule has 0 saturated heterocycles. The Balaban J connectivity index is 3.10. The highest BCUT2D eigenvalue weighted by Gasteiger charge is 2.29. The van der Waals surface area contributed by atoms with Gasteiger partial charge in [-0.2, -0.15) is 0 Å². The molecule has 3 heteroatoms. The molecule has 0 spiro atoms. The zero-order valence-corrected chi connectivity index (χ0v) is 10.7. The molecular formula is C12H15BrF2. The van der Waals surface area contributed by atoms with Gasteiger partial charge in [0.1, 0.15) is 11.6 Å². The fraction of sp³-hybridized carbons (Fsp3) is 0.500. The number of alkyl halides is 1. The number of halogens is 3. The van der Waals surface area contributed by atoms with Crippen LogP contribution in [-0.4, -0.2) is 0 Å². The largest absolute Gasteiger partial charge is 0.207 e. The van der Waals surface area contributed by atoms with E-state index in [0.717, 1.165) is 12.5 Å². The molecule has 1 rings (SSSR count). The van der Waals surface area contributed by atoms with Gasteiger partial charge in [0.15, 0.2) is 0 Å². The average molecular weight is 277 g/mol. The Morgan fingerprint density at radius 1 is 1.33 bits per heavy atom. The molecule has 0 N–H and O–H groups in total. The molecule has 84 valence electrons. The minimum absolute atomic E-state index is 0.103. The van der Waals surface area contributed by atoms with Crippen LogP contribution in [-0.2, 0) is 0 Å². The summed E-state index contributed by atoms with van der Waals surface area (Å²) in [4.78, 5) is -0.175. The molecule has 0 heterocycles. The standard InChI is InChI=1S/C12H15BrF2/c1-4-12(2,3)11(13)9-7-8(14)5-6-10(9)15/h5-7,11H,4H2,1-3H3. The van der Waals surface area contributed by atoms with Gasteiger partial charge in [0, 0.05) is 10.4 Å². The van der Waals surface area contributed by atoms with Gasteiger partial charge in [-0.25, -0.2) is 8.78 Å². The van der Waals surface area contributed by atoms with Gasteiger partial charge < -0.3 is 0 Å². The maximum atomic E-state index is 13.5. The van der Waals surface area contributed by atoms with Gasteiger partial charge in [-0.05, 0) is 30.0 Å². The molecular weight excluding hydrogens is 262 g/mol. The average Bonchev–Trinajstić information content (AvgIpc) is 2.20. The van der Waals surface area contributed by atoms with Crippen molar-refractivity contribution in [1.82, 2.24) is 0 Å². The van der Waals surface area contributed by atoms with Crippen LogP contribution in [0.25, 0.3) is 0 Å². The van der Waals surface area contributed by atoms with Crippen LogP contribution >= 0.6 is 15.9 Å². The number of rotatable bonds is 3. The van der Waals surface area contributed by atoms with Crippen LogP contribution in [0.3, 0.4) is 0 Å². The predicted octanol–water partition coefficient (Wildman–Crippen LogP) is 4.84. The van der Waals surface area contributed by atoms with Gasteiger partial charge in [-0.3, -0.25) is 0 Å². The summed E-state index contributed by atoms with van der Waals surface area (Å²) >= 11 is 3.45. The first-order valence-corrected chi connectivity index (χ1v) is 5.89. The first kappa shape index (κ1) is 12.6. The van der Waals surface area contributed by atoms with Crippen molar-refractivity contribution in [3.63, 3.8) is 0 Å². The van der Waals surface area contributed by atoms with E-state index in [-0.39, 0.29) is 16.1 Å². The van der Waals surface area contributed by atoms with Gasteiger partial charge in [-0.15, -0.1) is 0 Å². The summed E-state index contributed by atoms with van der Waals surface area (Å²) in [6.45, 7) is 6.08. The lowest BCUT2D eigenvalue weighted by atomic mass is 9.83. The van der Waals surface area contributed by atoms with E-state index in [1.807, 2.05) is 20.8 Å². The van der Waals surface area contributed by atoms with E-state index in [1.165, 1.54) is 12.1 Å². The fourth-order valence-electron chi connectivity index (χ4n) is 1.31. The van der Waals surface area contributed by atoms with Gasteiger partial charge >= 0.3 is 0 Å². The molecule has 15 heavy (non-hydrogen) atoms. The van der Waals surface area contributed by atoms with Crippen LogP contribution in [0.1, 0.15) is 37.6 Å². The third-order valence-corrected chi connectivity index (χ3v) is 4.56. The summed E-state index contributed by atoms with van der Waals surface area (Å²) in [5.41, 5.74) is 0.288. The highest BCUT2D eigenvalue weighted by molar-refractivity contribution is 9.09. The van der Waals surface area contributed by atoms with E-state index in [2.05, 4.69) is 15.9 Å². The third-order valence-electron chi connectivity index (χ3n) is 2.83. The summed E-state index contributed by atoms with van der Waals surface area (Å²) in [5.74, 6) is -0.762. The summed E-state index contributed by atoms with van der Waals surface area (Å²) in [6.07, 6.45) is 0.888. The second kappa shape index (κ2) is 4.60. The Labute approximate surface area is 97.8 Å². The Kier molecular flexibility index (Phi) is 3.87. The first-order chi connectivity index (χ1) is 6.88. The molecule has 1 atom stereocenters. The molecule has 0 amide bonds. The maximum Gasteiger partial charge on any atom is 0.127 e. The highest BCUT2D eigenvalue weighted by atomic mass is 79.9. The maximum absolute atomic E-state index is 13.5. The SMILES string of the molecule is CCC(C)(C)C(Br)c1cc(F)ccc1F. The van der Waals surface area contributed by atoms with Crippen molar-refractivity contribution in [1.29, 1.82) is 0 Å². The molecule has 0 aromatic heterocycles. The molecule has 0 aliphatic rings. The molecule has 0 aliphatic carbocycles. The number of benzene rings is 1. The smallest absolute Gasteiger partial charge is 0.127 e. The lowest BCUT2D eigenvalue weighted by Gasteiger charge is -2.29. The lowest BCUT2D eigenvalue weighted by Crippen LogP contribution is -2.17.